The number of carbonyl (C=O) groups excluding carboxylic acids is 1. The lowest BCUT2D eigenvalue weighted by atomic mass is 10.1. The number of H-pyrrole nitrogens is 1. The lowest BCUT2D eigenvalue weighted by Crippen LogP contribution is -2.12. The molecule has 4 N–H and O–H groups in total. The maximum absolute atomic E-state index is 13.1. The van der Waals surface area contributed by atoms with Crippen LogP contribution in [0.25, 0.3) is 0 Å². The van der Waals surface area contributed by atoms with Crippen LogP contribution in [0.15, 0.2) is 48.5 Å². The van der Waals surface area contributed by atoms with Crippen LogP contribution in [0, 0.1) is 5.82 Å². The minimum Gasteiger partial charge on any atom is -0.507 e. The van der Waals surface area contributed by atoms with Crippen molar-refractivity contribution in [3.8, 4) is 17.2 Å². The minimum atomic E-state index is -0.564. The number of aromatic amines is 1. The van der Waals surface area contributed by atoms with Crippen LogP contribution in [0.4, 0.5) is 21.7 Å². The van der Waals surface area contributed by atoms with E-state index in [0.29, 0.717) is 28.2 Å². The Labute approximate surface area is 197 Å². The van der Waals surface area contributed by atoms with Gasteiger partial charge in [0.05, 0.1) is 10.6 Å². The Morgan fingerprint density at radius 2 is 1.91 bits per heavy atom. The summed E-state index contributed by atoms with van der Waals surface area (Å²) in [4.78, 5) is 12.7. The predicted octanol–water partition coefficient (Wildman–Crippen LogP) is 4.97. The van der Waals surface area contributed by atoms with E-state index in [4.69, 9.17) is 16.3 Å². The van der Waals surface area contributed by atoms with Gasteiger partial charge in [-0.25, -0.2) is 9.49 Å². The van der Waals surface area contributed by atoms with Crippen LogP contribution < -0.4 is 15.4 Å². The van der Waals surface area contributed by atoms with E-state index >= 15 is 0 Å². The minimum absolute atomic E-state index is 0.00528. The molecule has 0 unspecified atom stereocenters. The topological polar surface area (TPSA) is 125 Å². The Kier molecular flexibility index (Phi) is 5.72. The lowest BCUT2D eigenvalue weighted by Gasteiger charge is -2.17. The number of anilines is 3. The van der Waals surface area contributed by atoms with Crippen molar-refractivity contribution in [3.63, 3.8) is 0 Å². The molecule has 3 aromatic carbocycles. The number of fused-ring (bicyclic) bond motifs is 1. The zero-order chi connectivity index (χ0) is 23.7. The zero-order valence-corrected chi connectivity index (χ0v) is 18.4. The molecule has 0 saturated heterocycles. The van der Waals surface area contributed by atoms with E-state index in [0.717, 1.165) is 36.1 Å². The van der Waals surface area contributed by atoms with Gasteiger partial charge in [-0.15, -0.1) is 0 Å². The maximum atomic E-state index is 13.1. The summed E-state index contributed by atoms with van der Waals surface area (Å²) < 4.78 is 19.2. The molecule has 34 heavy (non-hydrogen) atoms. The van der Waals surface area contributed by atoms with Crippen molar-refractivity contribution in [1.29, 1.82) is 0 Å². The summed E-state index contributed by atoms with van der Waals surface area (Å²) in [5, 5.41) is 30.0. The number of hydrogen-bond acceptors (Lipinski definition) is 7. The number of amides is 1. The summed E-state index contributed by atoms with van der Waals surface area (Å²) in [6.45, 7) is 0. The van der Waals surface area contributed by atoms with Crippen LogP contribution in [0.1, 0.15) is 27.9 Å². The fourth-order valence-electron chi connectivity index (χ4n) is 3.89. The van der Waals surface area contributed by atoms with Crippen LogP contribution in [-0.2, 0) is 12.8 Å². The largest absolute Gasteiger partial charge is 0.507 e. The number of aromatic nitrogens is 4. The Balaban J connectivity index is 1.42. The standard InChI is InChI=1S/C23H18ClFN6O3/c24-18-11-19(27-23-28-30-31-29-23)15-2-1-3-16(15)21(18)34-14-8-9-20(32)17(10-14)22(33)26-13-6-4-12(25)5-7-13/h4-11,32H,1-3H2,(H,26,33)(H2,27,28,29,30,31). The summed E-state index contributed by atoms with van der Waals surface area (Å²) in [5.41, 5.74) is 3.18. The highest BCUT2D eigenvalue weighted by Gasteiger charge is 2.24. The van der Waals surface area contributed by atoms with Gasteiger partial charge >= 0.3 is 0 Å². The van der Waals surface area contributed by atoms with Gasteiger partial charge in [-0.05, 0) is 83.8 Å². The van der Waals surface area contributed by atoms with Gasteiger partial charge in [-0.2, -0.15) is 0 Å². The molecule has 11 heteroatoms. The van der Waals surface area contributed by atoms with Gasteiger partial charge in [0, 0.05) is 16.9 Å². The van der Waals surface area contributed by atoms with Crippen LogP contribution in [0.3, 0.4) is 0 Å². The summed E-state index contributed by atoms with van der Waals surface area (Å²) in [5.74, 6) is 0.0207. The van der Waals surface area contributed by atoms with Gasteiger partial charge in [0.2, 0.25) is 5.95 Å². The quantitative estimate of drug-likeness (QED) is 0.307. The number of nitrogens with one attached hydrogen (secondary N) is 3. The molecule has 9 nitrogen and oxygen atoms in total. The maximum Gasteiger partial charge on any atom is 0.259 e. The highest BCUT2D eigenvalue weighted by molar-refractivity contribution is 6.32. The molecule has 0 radical (unpaired) electrons. The number of tetrazole rings is 1. The van der Waals surface area contributed by atoms with Crippen molar-refractivity contribution < 1.29 is 19.0 Å². The second-order valence-corrected chi connectivity index (χ2v) is 8.07. The molecular weight excluding hydrogens is 463 g/mol. The van der Waals surface area contributed by atoms with E-state index < -0.39 is 11.7 Å². The number of nitrogens with zero attached hydrogens (tertiary/aromatic N) is 3. The Hall–Kier alpha value is -4.18. The van der Waals surface area contributed by atoms with Crippen molar-refractivity contribution in [1.82, 2.24) is 20.6 Å². The fourth-order valence-corrected chi connectivity index (χ4v) is 4.15. The van der Waals surface area contributed by atoms with E-state index in [9.17, 15) is 14.3 Å². The number of aromatic hydroxyl groups is 1. The average Bonchev–Trinajstić information content (AvgIpc) is 3.51. The second-order valence-electron chi connectivity index (χ2n) is 7.66. The van der Waals surface area contributed by atoms with Crippen molar-refractivity contribution >= 4 is 34.8 Å². The van der Waals surface area contributed by atoms with Crippen molar-refractivity contribution in [2.75, 3.05) is 10.6 Å². The third-order valence-corrected chi connectivity index (χ3v) is 5.72. The average molecular weight is 481 g/mol. The highest BCUT2D eigenvalue weighted by Crippen LogP contribution is 2.44. The van der Waals surface area contributed by atoms with Crippen LogP contribution in [-0.4, -0.2) is 31.6 Å². The molecule has 1 aromatic heterocycles. The van der Waals surface area contributed by atoms with Gasteiger partial charge in [-0.3, -0.25) is 4.79 Å². The fraction of sp³-hybridized carbons (Fsp3) is 0.130. The number of hydrogen-bond donors (Lipinski definition) is 4. The highest BCUT2D eigenvalue weighted by atomic mass is 35.5. The first kappa shape index (κ1) is 21.7. The van der Waals surface area contributed by atoms with Gasteiger partial charge in [-0.1, -0.05) is 16.7 Å². The summed E-state index contributed by atoms with van der Waals surface area (Å²) in [6, 6.07) is 11.4. The number of rotatable bonds is 6. The number of halogens is 2. The number of phenolic OH excluding ortho intramolecular Hbond substituents is 1. The normalized spacial score (nSPS) is 12.3. The molecule has 1 amide bonds. The van der Waals surface area contributed by atoms with Gasteiger partial charge in [0.25, 0.3) is 5.91 Å². The third kappa shape index (κ3) is 4.35. The first-order valence-corrected chi connectivity index (χ1v) is 10.8. The molecule has 0 spiro atoms. The molecule has 0 fully saturated rings. The number of phenols is 1. The SMILES string of the molecule is O=C(Nc1ccc(F)cc1)c1cc(Oc2c(Cl)cc(Nc3nnn[nH]3)c3c2CCC3)ccc1O. The predicted molar refractivity (Wildman–Crippen MR) is 123 cm³/mol. The molecule has 0 saturated carbocycles. The Morgan fingerprint density at radius 3 is 2.68 bits per heavy atom. The molecule has 1 aliphatic carbocycles. The summed E-state index contributed by atoms with van der Waals surface area (Å²) in [7, 11) is 0. The number of benzene rings is 3. The number of carbonyl (C=O) groups is 1. The summed E-state index contributed by atoms with van der Waals surface area (Å²) in [6.07, 6.45) is 2.52. The van der Waals surface area contributed by atoms with Crippen molar-refractivity contribution in [3.05, 3.63) is 76.1 Å². The first-order valence-electron chi connectivity index (χ1n) is 10.4. The third-order valence-electron chi connectivity index (χ3n) is 5.44. The zero-order valence-electron chi connectivity index (χ0n) is 17.6. The molecule has 0 bridgehead atoms. The molecule has 1 aliphatic rings. The Bertz CT molecular complexity index is 1360. The number of ether oxygens (including phenoxy) is 1. The van der Waals surface area contributed by atoms with E-state index in [1.165, 1.54) is 36.4 Å². The second kappa shape index (κ2) is 8.99. The molecule has 5 rings (SSSR count). The molecule has 1 heterocycles. The van der Waals surface area contributed by atoms with Crippen molar-refractivity contribution in [2.45, 2.75) is 19.3 Å². The summed E-state index contributed by atoms with van der Waals surface area (Å²) >= 11 is 6.57. The van der Waals surface area contributed by atoms with Gasteiger partial charge in [0.1, 0.15) is 23.1 Å². The van der Waals surface area contributed by atoms with Crippen LogP contribution >= 0.6 is 11.6 Å². The van der Waals surface area contributed by atoms with Gasteiger partial charge < -0.3 is 20.5 Å². The van der Waals surface area contributed by atoms with Crippen molar-refractivity contribution in [2.24, 2.45) is 0 Å². The smallest absolute Gasteiger partial charge is 0.259 e. The van der Waals surface area contributed by atoms with Crippen LogP contribution in [0.2, 0.25) is 5.02 Å². The Morgan fingerprint density at radius 1 is 1.12 bits per heavy atom. The molecular formula is C23H18ClFN6O3. The molecule has 0 atom stereocenters. The van der Waals surface area contributed by atoms with Crippen LogP contribution in [0.5, 0.6) is 17.2 Å². The molecule has 0 aliphatic heterocycles. The lowest BCUT2D eigenvalue weighted by molar-refractivity contribution is 0.102. The van der Waals surface area contributed by atoms with Gasteiger partial charge in [0.15, 0.2) is 0 Å². The van der Waals surface area contributed by atoms with E-state index in [-0.39, 0.29) is 11.3 Å². The van der Waals surface area contributed by atoms with E-state index in [2.05, 4.69) is 31.3 Å². The van der Waals surface area contributed by atoms with E-state index in [1.54, 1.807) is 12.1 Å². The molecule has 4 aromatic rings. The first-order chi connectivity index (χ1) is 16.5. The van der Waals surface area contributed by atoms with E-state index in [1.807, 2.05) is 0 Å². The monoisotopic (exact) mass is 480 g/mol. The molecule has 172 valence electrons.